The second kappa shape index (κ2) is 7.73. The molecule has 0 fully saturated rings. The van der Waals surface area contributed by atoms with Gasteiger partial charge >= 0.3 is 0 Å². The maximum absolute atomic E-state index is 13.1. The summed E-state index contributed by atoms with van der Waals surface area (Å²) >= 11 is 12.2. The van der Waals surface area contributed by atoms with Gasteiger partial charge in [-0.3, -0.25) is 9.59 Å². The van der Waals surface area contributed by atoms with Gasteiger partial charge in [0.2, 0.25) is 5.91 Å². The summed E-state index contributed by atoms with van der Waals surface area (Å²) in [7, 11) is 0. The van der Waals surface area contributed by atoms with E-state index in [2.05, 4.69) is 24.4 Å². The zero-order valence-electron chi connectivity index (χ0n) is 15.6. The predicted octanol–water partition coefficient (Wildman–Crippen LogP) is 5.56. The van der Waals surface area contributed by atoms with Crippen molar-refractivity contribution in [1.29, 1.82) is 0 Å². The third-order valence-electron chi connectivity index (χ3n) is 5.74. The van der Waals surface area contributed by atoms with Crippen LogP contribution in [0.2, 0.25) is 10.0 Å². The molecule has 144 valence electrons. The first-order chi connectivity index (χ1) is 13.5. The maximum atomic E-state index is 13.1. The van der Waals surface area contributed by atoms with Gasteiger partial charge in [-0.05, 0) is 47.6 Å². The maximum Gasteiger partial charge on any atom is 0.225 e. The van der Waals surface area contributed by atoms with Crippen LogP contribution in [0, 0.1) is 0 Å². The summed E-state index contributed by atoms with van der Waals surface area (Å²) in [5.74, 6) is -0.118. The minimum atomic E-state index is -0.170. The van der Waals surface area contributed by atoms with Crippen LogP contribution < -0.4 is 5.32 Å². The molecule has 0 aromatic heterocycles. The van der Waals surface area contributed by atoms with Crippen LogP contribution in [0.5, 0.6) is 0 Å². The highest BCUT2D eigenvalue weighted by Crippen LogP contribution is 2.43. The molecule has 0 saturated heterocycles. The number of amides is 1. The van der Waals surface area contributed by atoms with Gasteiger partial charge in [0.05, 0.1) is 10.0 Å². The van der Waals surface area contributed by atoms with Gasteiger partial charge in [-0.2, -0.15) is 0 Å². The largest absolute Gasteiger partial charge is 0.329 e. The van der Waals surface area contributed by atoms with E-state index in [1.165, 1.54) is 5.56 Å². The summed E-state index contributed by atoms with van der Waals surface area (Å²) in [5, 5.41) is 3.93. The van der Waals surface area contributed by atoms with Crippen LogP contribution in [0.15, 0.2) is 53.7 Å². The molecule has 1 aliphatic carbocycles. The molecule has 28 heavy (non-hydrogen) atoms. The summed E-state index contributed by atoms with van der Waals surface area (Å²) < 4.78 is 0. The average Bonchev–Trinajstić information content (AvgIpc) is 2.69. The molecule has 0 bridgehead atoms. The third-order valence-corrected chi connectivity index (χ3v) is 6.48. The Balaban J connectivity index is 1.69. The van der Waals surface area contributed by atoms with Crippen molar-refractivity contribution in [3.63, 3.8) is 0 Å². The lowest BCUT2D eigenvalue weighted by Crippen LogP contribution is -2.38. The third kappa shape index (κ3) is 3.61. The second-order valence-corrected chi connectivity index (χ2v) is 8.31. The van der Waals surface area contributed by atoms with E-state index < -0.39 is 0 Å². The number of aryl methyl sites for hydroxylation is 1. The molecular formula is C23H21Cl2NO2. The molecule has 0 radical (unpaired) electrons. The van der Waals surface area contributed by atoms with Gasteiger partial charge in [0.15, 0.2) is 5.78 Å². The first-order valence-electron chi connectivity index (χ1n) is 9.56. The number of hydrogen-bond donors (Lipinski definition) is 1. The first-order valence-corrected chi connectivity index (χ1v) is 10.3. The van der Waals surface area contributed by atoms with Gasteiger partial charge in [-0.25, -0.2) is 0 Å². The Hall–Kier alpha value is -2.10. The number of Topliss-reactive ketones (excluding diaryl/α,β-unsaturated/α-hetero) is 1. The summed E-state index contributed by atoms with van der Waals surface area (Å²) in [4.78, 5) is 25.5. The molecule has 5 heteroatoms. The van der Waals surface area contributed by atoms with Crippen molar-refractivity contribution in [1.82, 2.24) is 5.32 Å². The minimum Gasteiger partial charge on any atom is -0.329 e. The van der Waals surface area contributed by atoms with Crippen molar-refractivity contribution in [3.8, 4) is 0 Å². The molecule has 1 aliphatic heterocycles. The first kappa shape index (κ1) is 19.2. The molecule has 1 heterocycles. The topological polar surface area (TPSA) is 46.2 Å². The van der Waals surface area contributed by atoms with Crippen molar-refractivity contribution in [3.05, 3.63) is 80.5 Å². The minimum absolute atomic E-state index is 0.0115. The highest BCUT2D eigenvalue weighted by atomic mass is 35.5. The van der Waals surface area contributed by atoms with Gasteiger partial charge in [0, 0.05) is 30.0 Å². The number of benzene rings is 2. The predicted molar refractivity (Wildman–Crippen MR) is 112 cm³/mol. The fraction of sp³-hybridized carbons (Fsp3) is 0.304. The van der Waals surface area contributed by atoms with E-state index in [4.69, 9.17) is 23.2 Å². The summed E-state index contributed by atoms with van der Waals surface area (Å²) in [6.07, 6.45) is 2.31. The van der Waals surface area contributed by atoms with E-state index >= 15 is 0 Å². The normalized spacial score (nSPS) is 22.1. The fourth-order valence-electron chi connectivity index (χ4n) is 4.23. The summed E-state index contributed by atoms with van der Waals surface area (Å²) in [6.45, 7) is 2.11. The number of halogens is 2. The molecule has 2 aromatic rings. The van der Waals surface area contributed by atoms with E-state index in [-0.39, 0.29) is 23.5 Å². The number of hydrogen-bond acceptors (Lipinski definition) is 2. The van der Waals surface area contributed by atoms with Crippen LogP contribution >= 0.6 is 23.2 Å². The van der Waals surface area contributed by atoms with Crippen molar-refractivity contribution in [2.75, 3.05) is 0 Å². The van der Waals surface area contributed by atoms with E-state index in [1.54, 1.807) is 6.07 Å². The molecule has 4 rings (SSSR count). The van der Waals surface area contributed by atoms with Crippen molar-refractivity contribution >= 4 is 34.9 Å². The Kier molecular flexibility index (Phi) is 5.31. The van der Waals surface area contributed by atoms with E-state index in [0.29, 0.717) is 29.3 Å². The Labute approximate surface area is 174 Å². The number of ketones is 1. The molecule has 1 N–H and O–H groups in total. The summed E-state index contributed by atoms with van der Waals surface area (Å²) in [5.41, 5.74) is 4.76. The van der Waals surface area contributed by atoms with Gasteiger partial charge in [0.25, 0.3) is 0 Å². The Morgan fingerprint density at radius 2 is 1.64 bits per heavy atom. The van der Waals surface area contributed by atoms with Gasteiger partial charge < -0.3 is 5.32 Å². The molecule has 2 atom stereocenters. The number of nitrogens with one attached hydrogen (secondary N) is 1. The second-order valence-electron chi connectivity index (χ2n) is 7.49. The average molecular weight is 414 g/mol. The van der Waals surface area contributed by atoms with Gasteiger partial charge in [0.1, 0.15) is 0 Å². The standard InChI is InChI=1S/C23H21Cl2NO2/c1-2-13-3-5-14(6-4-13)17-12-22(28)26-20-10-16(11-21(27)23(17)20)15-7-8-18(24)19(25)9-15/h3-9,16-17H,2,10-12H2,1H3,(H,26,28). The lowest BCUT2D eigenvalue weighted by Gasteiger charge is -2.34. The Morgan fingerprint density at radius 1 is 0.929 bits per heavy atom. The van der Waals surface area contributed by atoms with Gasteiger partial charge in [-0.1, -0.05) is 60.5 Å². The van der Waals surface area contributed by atoms with Crippen molar-refractivity contribution in [2.24, 2.45) is 0 Å². The van der Waals surface area contributed by atoms with Crippen LogP contribution in [0.25, 0.3) is 0 Å². The highest BCUT2D eigenvalue weighted by molar-refractivity contribution is 6.42. The van der Waals surface area contributed by atoms with Crippen LogP contribution in [0.1, 0.15) is 54.7 Å². The molecule has 0 saturated carbocycles. The van der Waals surface area contributed by atoms with E-state index in [0.717, 1.165) is 28.8 Å². The zero-order chi connectivity index (χ0) is 19.8. The number of allylic oxidation sites excluding steroid dienone is 2. The van der Waals surface area contributed by atoms with Crippen LogP contribution in [0.4, 0.5) is 0 Å². The number of carbonyl (C=O) groups is 2. The number of carbonyl (C=O) groups excluding carboxylic acids is 2. The van der Waals surface area contributed by atoms with E-state index in [1.807, 2.05) is 24.3 Å². The zero-order valence-corrected chi connectivity index (χ0v) is 17.1. The molecular weight excluding hydrogens is 393 g/mol. The fourth-order valence-corrected chi connectivity index (χ4v) is 4.54. The SMILES string of the molecule is CCc1ccc(C2CC(=O)NC3=C2C(=O)CC(c2ccc(Cl)c(Cl)c2)C3)cc1. The molecule has 2 unspecified atom stereocenters. The van der Waals surface area contributed by atoms with Crippen LogP contribution in [0.3, 0.4) is 0 Å². The molecule has 2 aliphatic rings. The molecule has 1 amide bonds. The van der Waals surface area contributed by atoms with E-state index in [9.17, 15) is 9.59 Å². The highest BCUT2D eigenvalue weighted by Gasteiger charge is 2.38. The monoisotopic (exact) mass is 413 g/mol. The summed E-state index contributed by atoms with van der Waals surface area (Å²) in [6, 6.07) is 13.7. The molecule has 3 nitrogen and oxygen atoms in total. The molecule has 2 aromatic carbocycles. The Morgan fingerprint density at radius 3 is 2.32 bits per heavy atom. The Bertz CT molecular complexity index is 979. The molecule has 0 spiro atoms. The number of rotatable bonds is 3. The van der Waals surface area contributed by atoms with Gasteiger partial charge in [-0.15, -0.1) is 0 Å². The van der Waals surface area contributed by atoms with Crippen molar-refractivity contribution in [2.45, 2.75) is 44.4 Å². The van der Waals surface area contributed by atoms with Crippen LogP contribution in [-0.2, 0) is 16.0 Å². The smallest absolute Gasteiger partial charge is 0.225 e. The van der Waals surface area contributed by atoms with Crippen molar-refractivity contribution < 1.29 is 9.59 Å². The lowest BCUT2D eigenvalue weighted by atomic mass is 9.73. The quantitative estimate of drug-likeness (QED) is 0.715. The van der Waals surface area contributed by atoms with Crippen LogP contribution in [-0.4, -0.2) is 11.7 Å². The lowest BCUT2D eigenvalue weighted by molar-refractivity contribution is -0.122.